The Morgan fingerprint density at radius 1 is 1.05 bits per heavy atom. The summed E-state index contributed by atoms with van der Waals surface area (Å²) in [7, 11) is 0. The maximum Gasteiger partial charge on any atom is 0.247 e. The lowest BCUT2D eigenvalue weighted by atomic mass is 10.5. The maximum atomic E-state index is 11.3. The van der Waals surface area contributed by atoms with Crippen LogP contribution >= 0.6 is 34.9 Å². The second kappa shape index (κ2) is 7.65. The van der Waals surface area contributed by atoms with E-state index in [1.807, 2.05) is 0 Å². The molecule has 0 fully saturated rings. The third kappa shape index (κ3) is 4.95. The van der Waals surface area contributed by atoms with Crippen LogP contribution in [0.15, 0.2) is 8.68 Å². The van der Waals surface area contributed by atoms with E-state index < -0.39 is 0 Å². The molecule has 0 aliphatic carbocycles. The van der Waals surface area contributed by atoms with Gasteiger partial charge >= 0.3 is 0 Å². The molecule has 1 rings (SSSR count). The van der Waals surface area contributed by atoms with E-state index in [-0.39, 0.29) is 22.3 Å². The molecule has 1 heterocycles. The third-order valence-electron chi connectivity index (χ3n) is 1.97. The molecule has 2 atom stereocenters. The highest BCUT2D eigenvalue weighted by atomic mass is 32.2. The van der Waals surface area contributed by atoms with E-state index in [0.717, 1.165) is 0 Å². The van der Waals surface area contributed by atoms with Gasteiger partial charge in [-0.25, -0.2) is 11.7 Å². The normalized spacial score (nSPS) is 13.7. The van der Waals surface area contributed by atoms with Gasteiger partial charge in [-0.2, -0.15) is 0 Å². The molecule has 0 bridgehead atoms. The molecule has 0 saturated heterocycles. The highest BCUT2D eigenvalue weighted by molar-refractivity contribution is 8.04. The lowest BCUT2D eigenvalue weighted by molar-refractivity contribution is -0.121. The molecule has 0 aliphatic rings. The number of nitrogens with zero attached hydrogens (tertiary/aromatic N) is 2. The fourth-order valence-corrected chi connectivity index (χ4v) is 4.26. The van der Waals surface area contributed by atoms with Gasteiger partial charge in [-0.15, -0.1) is 10.2 Å². The largest absolute Gasteiger partial charge is 0.293 e. The smallest absolute Gasteiger partial charge is 0.247 e. The molecule has 0 spiro atoms. The van der Waals surface area contributed by atoms with Crippen LogP contribution in [0.1, 0.15) is 13.8 Å². The van der Waals surface area contributed by atoms with Crippen LogP contribution in [0.5, 0.6) is 0 Å². The van der Waals surface area contributed by atoms with E-state index in [4.69, 9.17) is 11.7 Å². The van der Waals surface area contributed by atoms with E-state index in [0.29, 0.717) is 8.68 Å². The summed E-state index contributed by atoms with van der Waals surface area (Å²) in [5, 5.41) is 7.15. The third-order valence-corrected chi connectivity index (χ3v) is 5.26. The van der Waals surface area contributed by atoms with Gasteiger partial charge in [0.05, 0.1) is 10.5 Å². The lowest BCUT2D eigenvalue weighted by Crippen LogP contribution is -2.36. The van der Waals surface area contributed by atoms with Gasteiger partial charge in [0.15, 0.2) is 8.68 Å². The van der Waals surface area contributed by atoms with E-state index in [1.165, 1.54) is 34.9 Å². The van der Waals surface area contributed by atoms with Gasteiger partial charge in [0.25, 0.3) is 0 Å². The topological polar surface area (TPSA) is 136 Å². The summed E-state index contributed by atoms with van der Waals surface area (Å²) >= 11 is 3.81. The van der Waals surface area contributed by atoms with Gasteiger partial charge < -0.3 is 0 Å². The molecular formula is C8H14N6O2S3. The number of aromatic nitrogens is 2. The summed E-state index contributed by atoms with van der Waals surface area (Å²) in [5.74, 6) is 9.51. The summed E-state index contributed by atoms with van der Waals surface area (Å²) in [6.07, 6.45) is 0. The van der Waals surface area contributed by atoms with E-state index >= 15 is 0 Å². The van der Waals surface area contributed by atoms with Crippen LogP contribution in [0.3, 0.4) is 0 Å². The van der Waals surface area contributed by atoms with Gasteiger partial charge in [0.2, 0.25) is 11.8 Å². The number of thioether (sulfide) groups is 2. The lowest BCUT2D eigenvalue weighted by Gasteiger charge is -2.06. The summed E-state index contributed by atoms with van der Waals surface area (Å²) in [5.41, 5.74) is 4.14. The number of rotatable bonds is 6. The number of hydrogen-bond acceptors (Lipinski definition) is 9. The quantitative estimate of drug-likeness (QED) is 0.238. The highest BCUT2D eigenvalue weighted by Gasteiger charge is 2.19. The molecule has 0 saturated carbocycles. The zero-order chi connectivity index (χ0) is 14.4. The number of carbonyl (C=O) groups excluding carboxylic acids is 2. The van der Waals surface area contributed by atoms with Crippen molar-refractivity contribution in [3.05, 3.63) is 0 Å². The van der Waals surface area contributed by atoms with E-state index in [2.05, 4.69) is 21.0 Å². The van der Waals surface area contributed by atoms with Crippen molar-refractivity contribution in [1.82, 2.24) is 21.0 Å². The molecule has 0 unspecified atom stereocenters. The van der Waals surface area contributed by atoms with Crippen molar-refractivity contribution in [2.75, 3.05) is 0 Å². The first-order chi connectivity index (χ1) is 8.97. The minimum Gasteiger partial charge on any atom is -0.293 e. The van der Waals surface area contributed by atoms with Gasteiger partial charge in [-0.3, -0.25) is 20.4 Å². The molecule has 6 N–H and O–H groups in total. The molecule has 2 amide bonds. The Morgan fingerprint density at radius 3 is 1.74 bits per heavy atom. The summed E-state index contributed by atoms with van der Waals surface area (Å²) in [6.45, 7) is 3.43. The SMILES string of the molecule is C[C@H](Sc1nnc(S[C@@H](C)C(=O)NN)s1)C(=O)NN. The number of hydrazine groups is 2. The zero-order valence-corrected chi connectivity index (χ0v) is 12.7. The van der Waals surface area contributed by atoms with Crippen LogP contribution in [0, 0.1) is 0 Å². The molecular weight excluding hydrogens is 308 g/mol. The highest BCUT2D eigenvalue weighted by Crippen LogP contribution is 2.32. The van der Waals surface area contributed by atoms with Crippen molar-refractivity contribution < 1.29 is 9.59 Å². The Bertz CT molecular complexity index is 415. The van der Waals surface area contributed by atoms with E-state index in [1.54, 1.807) is 13.8 Å². The first-order valence-electron chi connectivity index (χ1n) is 5.15. The molecule has 1 aromatic rings. The van der Waals surface area contributed by atoms with Crippen molar-refractivity contribution in [2.24, 2.45) is 11.7 Å². The number of hydrogen-bond donors (Lipinski definition) is 4. The second-order valence-electron chi connectivity index (χ2n) is 3.37. The molecule has 11 heteroatoms. The van der Waals surface area contributed by atoms with Crippen LogP contribution in [0.25, 0.3) is 0 Å². The van der Waals surface area contributed by atoms with Gasteiger partial charge in [0.1, 0.15) is 0 Å². The van der Waals surface area contributed by atoms with Gasteiger partial charge in [-0.05, 0) is 13.8 Å². The monoisotopic (exact) mass is 322 g/mol. The van der Waals surface area contributed by atoms with Crippen LogP contribution in [0.4, 0.5) is 0 Å². The minimum atomic E-state index is -0.361. The zero-order valence-electron chi connectivity index (χ0n) is 10.2. The van der Waals surface area contributed by atoms with Crippen LogP contribution in [0.2, 0.25) is 0 Å². The molecule has 0 aromatic carbocycles. The van der Waals surface area contributed by atoms with Crippen LogP contribution in [-0.4, -0.2) is 32.5 Å². The Hall–Kier alpha value is -0.880. The minimum absolute atomic E-state index is 0.287. The Kier molecular flexibility index (Phi) is 6.51. The fourth-order valence-electron chi connectivity index (χ4n) is 0.937. The number of amides is 2. The first-order valence-corrected chi connectivity index (χ1v) is 7.73. The molecule has 0 aliphatic heterocycles. The van der Waals surface area contributed by atoms with Crippen LogP contribution < -0.4 is 22.5 Å². The van der Waals surface area contributed by atoms with Crippen molar-refractivity contribution in [2.45, 2.75) is 33.0 Å². The Balaban J connectivity index is 2.57. The summed E-state index contributed by atoms with van der Waals surface area (Å²) in [4.78, 5) is 22.5. The van der Waals surface area contributed by atoms with Crippen LogP contribution in [-0.2, 0) is 9.59 Å². The predicted octanol–water partition coefficient (Wildman–Crippen LogP) is -0.521. The Morgan fingerprint density at radius 2 is 1.42 bits per heavy atom. The molecule has 19 heavy (non-hydrogen) atoms. The van der Waals surface area contributed by atoms with Crippen molar-refractivity contribution in [1.29, 1.82) is 0 Å². The maximum absolute atomic E-state index is 11.3. The van der Waals surface area contributed by atoms with Crippen molar-refractivity contribution in [3.8, 4) is 0 Å². The number of nitrogens with one attached hydrogen (secondary N) is 2. The summed E-state index contributed by atoms with van der Waals surface area (Å²) in [6, 6.07) is 0. The summed E-state index contributed by atoms with van der Waals surface area (Å²) < 4.78 is 1.28. The fraction of sp³-hybridized carbons (Fsp3) is 0.500. The van der Waals surface area contributed by atoms with Crippen molar-refractivity contribution >= 4 is 46.7 Å². The standard InChI is InChI=1S/C8H14N6O2S3/c1-3(5(15)11-9)17-7-13-14-8(19-7)18-4(2)6(16)12-10/h3-4H,9-10H2,1-2H3,(H,11,15)(H,12,16)/t3-,4-/m0/s1. The van der Waals surface area contributed by atoms with Crippen molar-refractivity contribution in [3.63, 3.8) is 0 Å². The average molecular weight is 322 g/mol. The van der Waals surface area contributed by atoms with E-state index in [9.17, 15) is 9.59 Å². The molecule has 0 radical (unpaired) electrons. The van der Waals surface area contributed by atoms with Gasteiger partial charge in [-0.1, -0.05) is 34.9 Å². The molecule has 106 valence electrons. The molecule has 8 nitrogen and oxygen atoms in total. The average Bonchev–Trinajstić information content (AvgIpc) is 2.83. The predicted molar refractivity (Wildman–Crippen MR) is 75.2 cm³/mol. The second-order valence-corrected chi connectivity index (χ2v) is 7.52. The number of nitrogens with two attached hydrogens (primary N) is 2. The van der Waals surface area contributed by atoms with Gasteiger partial charge in [0, 0.05) is 0 Å². The first kappa shape index (κ1) is 16.2. The Labute approximate surface area is 122 Å². The number of carbonyl (C=O) groups is 2. The molecule has 1 aromatic heterocycles.